The van der Waals surface area contributed by atoms with Crippen molar-refractivity contribution in [2.45, 2.75) is 6.54 Å². The second kappa shape index (κ2) is 5.80. The molecule has 0 fully saturated rings. The molecule has 0 spiro atoms. The Labute approximate surface area is 114 Å². The Hall–Kier alpha value is -1.94. The first-order chi connectivity index (χ1) is 9.08. The maximum Gasteiger partial charge on any atom is 0.256 e. The van der Waals surface area contributed by atoms with Gasteiger partial charge in [0.25, 0.3) is 5.91 Å². The minimum absolute atomic E-state index is 0.0387. The number of halogens is 3. The van der Waals surface area contributed by atoms with Gasteiger partial charge in [0.2, 0.25) is 0 Å². The summed E-state index contributed by atoms with van der Waals surface area (Å²) < 4.78 is 26.4. The molecule has 19 heavy (non-hydrogen) atoms. The molecule has 2 rings (SSSR count). The van der Waals surface area contributed by atoms with Crippen molar-refractivity contribution in [2.75, 3.05) is 0 Å². The van der Waals surface area contributed by atoms with Gasteiger partial charge in [-0.15, -0.1) is 0 Å². The van der Waals surface area contributed by atoms with Crippen LogP contribution in [0.1, 0.15) is 15.9 Å². The van der Waals surface area contributed by atoms with Gasteiger partial charge in [0, 0.05) is 6.54 Å². The fourth-order valence-electron chi connectivity index (χ4n) is 1.63. The minimum Gasteiger partial charge on any atom is -0.348 e. The summed E-state index contributed by atoms with van der Waals surface area (Å²) in [5, 5.41) is 2.53. The second-order valence-electron chi connectivity index (χ2n) is 3.91. The standard InChI is InChI=1S/C14H10ClF2NO/c15-11-5-2-6-12(17)13(11)14(19)18-8-9-3-1-4-10(16)7-9/h1-7H,8H2,(H,18,19). The van der Waals surface area contributed by atoms with E-state index in [9.17, 15) is 13.6 Å². The van der Waals surface area contributed by atoms with E-state index in [2.05, 4.69) is 5.32 Å². The molecular formula is C14H10ClF2NO. The van der Waals surface area contributed by atoms with Gasteiger partial charge in [-0.3, -0.25) is 4.79 Å². The van der Waals surface area contributed by atoms with Gasteiger partial charge in [-0.05, 0) is 29.8 Å². The molecule has 2 aromatic rings. The first-order valence-corrected chi connectivity index (χ1v) is 5.92. The summed E-state index contributed by atoms with van der Waals surface area (Å²) in [6.45, 7) is 0.0985. The Bertz CT molecular complexity index is 596. The highest BCUT2D eigenvalue weighted by Gasteiger charge is 2.15. The van der Waals surface area contributed by atoms with Crippen LogP contribution in [0.4, 0.5) is 8.78 Å². The Morgan fingerprint density at radius 3 is 2.58 bits per heavy atom. The molecule has 98 valence electrons. The van der Waals surface area contributed by atoms with Gasteiger partial charge in [0.05, 0.1) is 10.6 Å². The van der Waals surface area contributed by atoms with E-state index in [4.69, 9.17) is 11.6 Å². The van der Waals surface area contributed by atoms with E-state index >= 15 is 0 Å². The molecule has 0 atom stereocenters. The van der Waals surface area contributed by atoms with Crippen molar-refractivity contribution in [1.82, 2.24) is 5.32 Å². The normalized spacial score (nSPS) is 10.3. The fourth-order valence-corrected chi connectivity index (χ4v) is 1.88. The van der Waals surface area contributed by atoms with Gasteiger partial charge in [-0.1, -0.05) is 29.8 Å². The molecule has 0 saturated heterocycles. The van der Waals surface area contributed by atoms with Gasteiger partial charge in [-0.2, -0.15) is 0 Å². The highest BCUT2D eigenvalue weighted by atomic mass is 35.5. The summed E-state index contributed by atoms with van der Waals surface area (Å²) in [4.78, 5) is 11.8. The lowest BCUT2D eigenvalue weighted by molar-refractivity contribution is 0.0947. The molecule has 0 aliphatic heterocycles. The third-order valence-corrected chi connectivity index (χ3v) is 2.85. The second-order valence-corrected chi connectivity index (χ2v) is 4.32. The maximum absolute atomic E-state index is 13.5. The van der Waals surface area contributed by atoms with Gasteiger partial charge in [-0.25, -0.2) is 8.78 Å². The molecule has 5 heteroatoms. The van der Waals surface area contributed by atoms with Crippen molar-refractivity contribution in [3.8, 4) is 0 Å². The molecule has 2 nitrogen and oxygen atoms in total. The van der Waals surface area contributed by atoms with Crippen LogP contribution in [0.5, 0.6) is 0 Å². The number of carbonyl (C=O) groups is 1. The van der Waals surface area contributed by atoms with E-state index in [0.717, 1.165) is 6.07 Å². The predicted octanol–water partition coefficient (Wildman–Crippen LogP) is 3.55. The Morgan fingerprint density at radius 1 is 1.16 bits per heavy atom. The monoisotopic (exact) mass is 281 g/mol. The summed E-state index contributed by atoms with van der Waals surface area (Å²) in [7, 11) is 0. The average molecular weight is 282 g/mol. The number of amides is 1. The lowest BCUT2D eigenvalue weighted by atomic mass is 10.1. The molecule has 2 aromatic carbocycles. The first kappa shape index (κ1) is 13.5. The van der Waals surface area contributed by atoms with Crippen LogP contribution in [0.2, 0.25) is 5.02 Å². The minimum atomic E-state index is -0.691. The molecule has 0 heterocycles. The summed E-state index contributed by atoms with van der Waals surface area (Å²) in [6, 6.07) is 9.80. The van der Waals surface area contributed by atoms with E-state index in [1.54, 1.807) is 6.07 Å². The predicted molar refractivity (Wildman–Crippen MR) is 69.0 cm³/mol. The van der Waals surface area contributed by atoms with Crippen molar-refractivity contribution in [2.24, 2.45) is 0 Å². The Morgan fingerprint density at radius 2 is 1.89 bits per heavy atom. The van der Waals surface area contributed by atoms with Crippen LogP contribution < -0.4 is 5.32 Å². The Balaban J connectivity index is 2.10. The fraction of sp³-hybridized carbons (Fsp3) is 0.0714. The SMILES string of the molecule is O=C(NCc1cccc(F)c1)c1c(F)cccc1Cl. The van der Waals surface area contributed by atoms with Crippen molar-refractivity contribution in [3.05, 3.63) is 70.2 Å². The molecule has 0 saturated carbocycles. The zero-order chi connectivity index (χ0) is 13.8. The smallest absolute Gasteiger partial charge is 0.256 e. The van der Waals surface area contributed by atoms with Crippen molar-refractivity contribution in [3.63, 3.8) is 0 Å². The Kier molecular flexibility index (Phi) is 4.12. The quantitative estimate of drug-likeness (QED) is 0.916. The zero-order valence-electron chi connectivity index (χ0n) is 9.79. The summed E-state index contributed by atoms with van der Waals surface area (Å²) in [5.74, 6) is -1.72. The third kappa shape index (κ3) is 3.29. The number of nitrogens with one attached hydrogen (secondary N) is 1. The summed E-state index contributed by atoms with van der Waals surface area (Å²) in [6.07, 6.45) is 0. The molecular weight excluding hydrogens is 272 g/mol. The van der Waals surface area contributed by atoms with Crippen LogP contribution in [0.3, 0.4) is 0 Å². The molecule has 0 radical (unpaired) electrons. The van der Waals surface area contributed by atoms with Crippen LogP contribution in [0.15, 0.2) is 42.5 Å². The number of hydrogen-bond donors (Lipinski definition) is 1. The van der Waals surface area contributed by atoms with Crippen molar-refractivity contribution in [1.29, 1.82) is 0 Å². The van der Waals surface area contributed by atoms with E-state index in [0.29, 0.717) is 5.56 Å². The van der Waals surface area contributed by atoms with Gasteiger partial charge >= 0.3 is 0 Å². The first-order valence-electron chi connectivity index (χ1n) is 5.54. The van der Waals surface area contributed by atoms with Crippen molar-refractivity contribution < 1.29 is 13.6 Å². The van der Waals surface area contributed by atoms with Gasteiger partial charge < -0.3 is 5.32 Å². The van der Waals surface area contributed by atoms with E-state index in [1.165, 1.54) is 30.3 Å². The van der Waals surface area contributed by atoms with Crippen LogP contribution in [0, 0.1) is 11.6 Å². The van der Waals surface area contributed by atoms with Crippen molar-refractivity contribution >= 4 is 17.5 Å². The molecule has 0 aromatic heterocycles. The number of hydrogen-bond acceptors (Lipinski definition) is 1. The van der Waals surface area contributed by atoms with E-state index in [1.807, 2.05) is 0 Å². The lowest BCUT2D eigenvalue weighted by Crippen LogP contribution is -2.24. The highest BCUT2D eigenvalue weighted by Crippen LogP contribution is 2.18. The largest absolute Gasteiger partial charge is 0.348 e. The molecule has 1 amide bonds. The molecule has 0 aliphatic carbocycles. The molecule has 1 N–H and O–H groups in total. The number of carbonyl (C=O) groups excluding carboxylic acids is 1. The molecule has 0 bridgehead atoms. The number of benzene rings is 2. The van der Waals surface area contributed by atoms with Crippen LogP contribution >= 0.6 is 11.6 Å². The van der Waals surface area contributed by atoms with Crippen LogP contribution in [-0.2, 0) is 6.54 Å². The van der Waals surface area contributed by atoms with E-state index < -0.39 is 17.5 Å². The number of rotatable bonds is 3. The maximum atomic E-state index is 13.5. The van der Waals surface area contributed by atoms with Crippen LogP contribution in [-0.4, -0.2) is 5.91 Å². The molecule has 0 aliphatic rings. The molecule has 0 unspecified atom stereocenters. The topological polar surface area (TPSA) is 29.1 Å². The van der Waals surface area contributed by atoms with Gasteiger partial charge in [0.15, 0.2) is 0 Å². The summed E-state index contributed by atoms with van der Waals surface area (Å²) in [5.41, 5.74) is 0.376. The third-order valence-electron chi connectivity index (χ3n) is 2.53. The lowest BCUT2D eigenvalue weighted by Gasteiger charge is -2.07. The van der Waals surface area contributed by atoms with Gasteiger partial charge in [0.1, 0.15) is 11.6 Å². The highest BCUT2D eigenvalue weighted by molar-refractivity contribution is 6.33. The zero-order valence-corrected chi connectivity index (χ0v) is 10.5. The van der Waals surface area contributed by atoms with E-state index in [-0.39, 0.29) is 17.1 Å². The van der Waals surface area contributed by atoms with Crippen LogP contribution in [0.25, 0.3) is 0 Å². The summed E-state index contributed by atoms with van der Waals surface area (Å²) >= 11 is 5.77. The average Bonchev–Trinajstić information content (AvgIpc) is 2.36.